The van der Waals surface area contributed by atoms with Crippen molar-refractivity contribution in [2.75, 3.05) is 23.5 Å². The number of sulfonamides is 1. The average molecular weight is 347 g/mol. The van der Waals surface area contributed by atoms with Crippen molar-refractivity contribution >= 4 is 39.2 Å². The topological polar surface area (TPSA) is 72.2 Å². The van der Waals surface area contributed by atoms with Crippen LogP contribution in [0.1, 0.15) is 19.3 Å². The Labute approximate surface area is 135 Å². The predicted molar refractivity (Wildman–Crippen MR) is 93.4 cm³/mol. The second-order valence-electron chi connectivity index (χ2n) is 5.23. The standard InChI is InChI=1S/C14H22N2O2S3/c1-19-13-6-5-12(10-13)16-21(17,18)8-7-20-14-4-2-3-11(15)9-14/h2-4,9,12-13,16H,5-8,10,15H2,1H3. The first-order valence-electron chi connectivity index (χ1n) is 6.99. The fraction of sp³-hybridized carbons (Fsp3) is 0.571. The lowest BCUT2D eigenvalue weighted by molar-refractivity contribution is 0.554. The molecule has 0 spiro atoms. The van der Waals surface area contributed by atoms with Crippen molar-refractivity contribution in [3.05, 3.63) is 24.3 Å². The van der Waals surface area contributed by atoms with E-state index in [-0.39, 0.29) is 11.8 Å². The van der Waals surface area contributed by atoms with Gasteiger partial charge in [-0.05, 0) is 43.7 Å². The van der Waals surface area contributed by atoms with Crippen LogP contribution in [0.15, 0.2) is 29.2 Å². The number of benzene rings is 1. The first kappa shape index (κ1) is 17.0. The van der Waals surface area contributed by atoms with Crippen molar-refractivity contribution in [3.63, 3.8) is 0 Å². The van der Waals surface area contributed by atoms with Gasteiger partial charge in [-0.1, -0.05) is 6.07 Å². The normalized spacial score (nSPS) is 22.5. The molecular weight excluding hydrogens is 324 g/mol. The molecule has 2 atom stereocenters. The van der Waals surface area contributed by atoms with E-state index in [9.17, 15) is 8.42 Å². The zero-order valence-electron chi connectivity index (χ0n) is 12.1. The summed E-state index contributed by atoms with van der Waals surface area (Å²) in [6.07, 6.45) is 5.09. The maximum atomic E-state index is 12.1. The lowest BCUT2D eigenvalue weighted by Crippen LogP contribution is -2.35. The molecule has 7 heteroatoms. The van der Waals surface area contributed by atoms with E-state index >= 15 is 0 Å². The van der Waals surface area contributed by atoms with Gasteiger partial charge in [0.25, 0.3) is 0 Å². The van der Waals surface area contributed by atoms with Crippen molar-refractivity contribution in [1.82, 2.24) is 4.72 Å². The fourth-order valence-electron chi connectivity index (χ4n) is 2.45. The van der Waals surface area contributed by atoms with E-state index in [1.165, 1.54) is 11.8 Å². The first-order valence-corrected chi connectivity index (χ1v) is 10.9. The van der Waals surface area contributed by atoms with Crippen molar-refractivity contribution in [1.29, 1.82) is 0 Å². The number of nitrogens with one attached hydrogen (secondary N) is 1. The number of anilines is 1. The molecule has 1 aliphatic carbocycles. The Balaban J connectivity index is 1.76. The van der Waals surface area contributed by atoms with Gasteiger partial charge in [0.05, 0.1) is 5.75 Å². The summed E-state index contributed by atoms with van der Waals surface area (Å²) < 4.78 is 27.0. The second-order valence-corrected chi connectivity index (χ2v) is 9.41. The molecule has 1 saturated carbocycles. The zero-order chi connectivity index (χ0) is 15.3. The molecule has 4 nitrogen and oxygen atoms in total. The Kier molecular flexibility index (Phi) is 6.28. The van der Waals surface area contributed by atoms with Crippen LogP contribution in [-0.2, 0) is 10.0 Å². The van der Waals surface area contributed by atoms with Gasteiger partial charge < -0.3 is 5.73 Å². The van der Waals surface area contributed by atoms with Crippen LogP contribution in [0.5, 0.6) is 0 Å². The molecule has 21 heavy (non-hydrogen) atoms. The summed E-state index contributed by atoms with van der Waals surface area (Å²) in [6, 6.07) is 7.63. The van der Waals surface area contributed by atoms with E-state index in [0.29, 0.717) is 16.7 Å². The van der Waals surface area contributed by atoms with Crippen molar-refractivity contribution in [3.8, 4) is 0 Å². The molecule has 0 amide bonds. The molecule has 2 unspecified atom stereocenters. The Morgan fingerprint density at radius 1 is 1.38 bits per heavy atom. The third kappa shape index (κ3) is 5.73. The smallest absolute Gasteiger partial charge is 0.212 e. The molecule has 0 saturated heterocycles. The van der Waals surface area contributed by atoms with Gasteiger partial charge in [0.15, 0.2) is 0 Å². The number of thioether (sulfide) groups is 2. The molecule has 0 radical (unpaired) electrons. The summed E-state index contributed by atoms with van der Waals surface area (Å²) >= 11 is 3.35. The first-order chi connectivity index (χ1) is 9.98. The fourth-order valence-corrected chi connectivity index (χ4v) is 5.92. The zero-order valence-corrected chi connectivity index (χ0v) is 14.6. The van der Waals surface area contributed by atoms with E-state index in [4.69, 9.17) is 5.73 Å². The molecule has 0 aromatic heterocycles. The summed E-state index contributed by atoms with van der Waals surface area (Å²) in [5.74, 6) is 0.685. The maximum absolute atomic E-state index is 12.1. The number of nitrogen functional groups attached to an aromatic ring is 1. The van der Waals surface area contributed by atoms with E-state index < -0.39 is 10.0 Å². The Bertz CT molecular complexity index is 563. The number of hydrogen-bond acceptors (Lipinski definition) is 5. The van der Waals surface area contributed by atoms with Crippen LogP contribution in [0.3, 0.4) is 0 Å². The summed E-state index contributed by atoms with van der Waals surface area (Å²) in [4.78, 5) is 1.01. The van der Waals surface area contributed by atoms with Gasteiger partial charge >= 0.3 is 0 Å². The molecule has 1 aromatic carbocycles. The van der Waals surface area contributed by atoms with Crippen LogP contribution in [0, 0.1) is 0 Å². The number of rotatable bonds is 7. The van der Waals surface area contributed by atoms with E-state index in [2.05, 4.69) is 11.0 Å². The highest BCUT2D eigenvalue weighted by atomic mass is 32.2. The highest BCUT2D eigenvalue weighted by molar-refractivity contribution is 8.00. The highest BCUT2D eigenvalue weighted by Gasteiger charge is 2.27. The third-order valence-corrected chi connectivity index (χ3v) is 7.33. The lowest BCUT2D eigenvalue weighted by Gasteiger charge is -2.13. The second kappa shape index (κ2) is 7.76. The molecule has 1 aliphatic rings. The van der Waals surface area contributed by atoms with Gasteiger partial charge in [0, 0.05) is 27.6 Å². The summed E-state index contributed by atoms with van der Waals surface area (Å²) in [5, 5.41) is 0.597. The van der Waals surface area contributed by atoms with Gasteiger partial charge in [0.1, 0.15) is 0 Å². The Hall–Kier alpha value is -0.370. The lowest BCUT2D eigenvalue weighted by atomic mass is 10.3. The minimum Gasteiger partial charge on any atom is -0.399 e. The maximum Gasteiger partial charge on any atom is 0.212 e. The molecule has 3 N–H and O–H groups in total. The average Bonchev–Trinajstić information content (AvgIpc) is 2.85. The van der Waals surface area contributed by atoms with Gasteiger partial charge in [-0.3, -0.25) is 0 Å². The molecule has 0 bridgehead atoms. The molecule has 2 rings (SSSR count). The van der Waals surface area contributed by atoms with Gasteiger partial charge in [-0.25, -0.2) is 13.1 Å². The summed E-state index contributed by atoms with van der Waals surface area (Å²) in [6.45, 7) is 0. The summed E-state index contributed by atoms with van der Waals surface area (Å²) in [7, 11) is -3.19. The molecule has 118 valence electrons. The van der Waals surface area contributed by atoms with Crippen LogP contribution < -0.4 is 10.5 Å². The van der Waals surface area contributed by atoms with Crippen LogP contribution >= 0.6 is 23.5 Å². The monoisotopic (exact) mass is 346 g/mol. The minimum absolute atomic E-state index is 0.116. The molecular formula is C14H22N2O2S3. The van der Waals surface area contributed by atoms with Gasteiger partial charge in [-0.2, -0.15) is 11.8 Å². The predicted octanol–water partition coefficient (Wildman–Crippen LogP) is 2.56. The van der Waals surface area contributed by atoms with E-state index in [0.717, 1.165) is 24.2 Å². The molecule has 1 fully saturated rings. The van der Waals surface area contributed by atoms with Crippen molar-refractivity contribution in [2.45, 2.75) is 35.4 Å². The van der Waals surface area contributed by atoms with Crippen LogP contribution in [0.25, 0.3) is 0 Å². The highest BCUT2D eigenvalue weighted by Crippen LogP contribution is 2.28. The SMILES string of the molecule is CSC1CCC(NS(=O)(=O)CCSc2cccc(N)c2)C1. The van der Waals surface area contributed by atoms with E-state index in [1.54, 1.807) is 0 Å². The van der Waals surface area contributed by atoms with Crippen molar-refractivity contribution < 1.29 is 8.42 Å². The Morgan fingerprint density at radius 3 is 2.86 bits per heavy atom. The van der Waals surface area contributed by atoms with E-state index in [1.807, 2.05) is 36.0 Å². The molecule has 0 heterocycles. The van der Waals surface area contributed by atoms with Crippen LogP contribution in [-0.4, -0.2) is 37.5 Å². The molecule has 1 aromatic rings. The van der Waals surface area contributed by atoms with Gasteiger partial charge in [0.2, 0.25) is 10.0 Å². The summed E-state index contributed by atoms with van der Waals surface area (Å²) in [5.41, 5.74) is 6.41. The quantitative estimate of drug-likeness (QED) is 0.586. The number of nitrogens with two attached hydrogens (primary N) is 1. The number of hydrogen-bond donors (Lipinski definition) is 2. The van der Waals surface area contributed by atoms with Gasteiger partial charge in [-0.15, -0.1) is 11.8 Å². The molecule has 0 aliphatic heterocycles. The minimum atomic E-state index is -3.19. The van der Waals surface area contributed by atoms with Crippen LogP contribution in [0.2, 0.25) is 0 Å². The largest absolute Gasteiger partial charge is 0.399 e. The Morgan fingerprint density at radius 2 is 2.19 bits per heavy atom. The van der Waals surface area contributed by atoms with Crippen molar-refractivity contribution in [2.24, 2.45) is 0 Å². The third-order valence-electron chi connectivity index (χ3n) is 3.54. The van der Waals surface area contributed by atoms with Crippen LogP contribution in [0.4, 0.5) is 5.69 Å².